The maximum absolute atomic E-state index is 13.8. The normalized spacial score (nSPS) is 13.5. The zero-order valence-corrected chi connectivity index (χ0v) is 9.76. The fourth-order valence-electron chi connectivity index (χ4n) is 1.37. The van der Waals surface area contributed by atoms with Crippen molar-refractivity contribution in [2.24, 2.45) is 10.9 Å². The van der Waals surface area contributed by atoms with Gasteiger partial charge in [-0.15, -0.1) is 0 Å². The fraction of sp³-hybridized carbons (Fsp3) is 0.364. The Kier molecular flexibility index (Phi) is 4.28. The first-order valence-electron chi connectivity index (χ1n) is 5.12. The van der Waals surface area contributed by atoms with Gasteiger partial charge in [-0.1, -0.05) is 5.16 Å². The van der Waals surface area contributed by atoms with Gasteiger partial charge in [0, 0.05) is 18.7 Å². The zero-order chi connectivity index (χ0) is 13.0. The number of amidine groups is 1. The Hall–Kier alpha value is -1.82. The molecule has 0 bridgehead atoms. The fourth-order valence-corrected chi connectivity index (χ4v) is 1.37. The van der Waals surface area contributed by atoms with Gasteiger partial charge in [-0.05, 0) is 25.1 Å². The first-order valence-corrected chi connectivity index (χ1v) is 5.12. The standard InChI is InChI=1S/C11H16FN3O2/c1-7(6-16)15(2)10-4-3-8(5-9(10)12)11(13)14-17/h3-5,7,16-17H,6H2,1-2H3,(H2,13,14). The van der Waals surface area contributed by atoms with Gasteiger partial charge in [-0.3, -0.25) is 0 Å². The molecular formula is C11H16FN3O2. The lowest BCUT2D eigenvalue weighted by molar-refractivity contribution is 0.269. The molecule has 0 aliphatic carbocycles. The average molecular weight is 241 g/mol. The van der Waals surface area contributed by atoms with Crippen molar-refractivity contribution >= 4 is 11.5 Å². The van der Waals surface area contributed by atoms with Gasteiger partial charge >= 0.3 is 0 Å². The molecule has 0 amide bonds. The number of nitrogens with two attached hydrogens (primary N) is 1. The molecule has 94 valence electrons. The van der Waals surface area contributed by atoms with Gasteiger partial charge in [0.25, 0.3) is 0 Å². The van der Waals surface area contributed by atoms with Gasteiger partial charge in [0.2, 0.25) is 0 Å². The SMILES string of the molecule is CC(CO)N(C)c1ccc(/C(N)=N/O)cc1F. The Morgan fingerprint density at radius 2 is 2.24 bits per heavy atom. The third-order valence-corrected chi connectivity index (χ3v) is 2.66. The molecule has 1 aromatic rings. The van der Waals surface area contributed by atoms with Crippen LogP contribution in [-0.2, 0) is 0 Å². The molecule has 4 N–H and O–H groups in total. The lowest BCUT2D eigenvalue weighted by atomic mass is 10.1. The minimum Gasteiger partial charge on any atom is -0.409 e. The highest BCUT2D eigenvalue weighted by molar-refractivity contribution is 5.97. The summed E-state index contributed by atoms with van der Waals surface area (Å²) in [6.07, 6.45) is 0. The van der Waals surface area contributed by atoms with E-state index in [0.29, 0.717) is 11.3 Å². The highest BCUT2D eigenvalue weighted by Gasteiger charge is 2.14. The van der Waals surface area contributed by atoms with Crippen LogP contribution in [0.5, 0.6) is 0 Å². The molecule has 0 saturated heterocycles. The smallest absolute Gasteiger partial charge is 0.170 e. The molecule has 1 unspecified atom stereocenters. The molecule has 0 aromatic heterocycles. The van der Waals surface area contributed by atoms with Crippen LogP contribution in [0, 0.1) is 5.82 Å². The van der Waals surface area contributed by atoms with E-state index in [4.69, 9.17) is 16.0 Å². The van der Waals surface area contributed by atoms with Gasteiger partial charge in [-0.25, -0.2) is 4.39 Å². The summed E-state index contributed by atoms with van der Waals surface area (Å²) in [5, 5.41) is 20.3. The number of likely N-dealkylation sites (N-methyl/N-ethyl adjacent to an activating group) is 1. The number of rotatable bonds is 4. The van der Waals surface area contributed by atoms with Crippen molar-refractivity contribution in [2.75, 3.05) is 18.6 Å². The topological polar surface area (TPSA) is 82.1 Å². The molecule has 0 aliphatic rings. The molecule has 5 nitrogen and oxygen atoms in total. The van der Waals surface area contributed by atoms with Crippen LogP contribution in [0.4, 0.5) is 10.1 Å². The lowest BCUT2D eigenvalue weighted by Gasteiger charge is -2.25. The van der Waals surface area contributed by atoms with Crippen molar-refractivity contribution in [2.45, 2.75) is 13.0 Å². The Bertz CT molecular complexity index is 423. The second-order valence-corrected chi connectivity index (χ2v) is 3.79. The summed E-state index contributed by atoms with van der Waals surface area (Å²) in [5.74, 6) is -0.634. The summed E-state index contributed by atoms with van der Waals surface area (Å²) >= 11 is 0. The molecular weight excluding hydrogens is 225 g/mol. The van der Waals surface area contributed by atoms with Gasteiger partial charge in [0.1, 0.15) is 5.82 Å². The molecule has 6 heteroatoms. The molecule has 1 rings (SSSR count). The molecule has 0 radical (unpaired) electrons. The van der Waals surface area contributed by atoms with Crippen molar-refractivity contribution in [1.29, 1.82) is 0 Å². The maximum Gasteiger partial charge on any atom is 0.170 e. The number of anilines is 1. The summed E-state index contributed by atoms with van der Waals surface area (Å²) in [5.41, 5.74) is 6.01. The number of hydrogen-bond donors (Lipinski definition) is 3. The summed E-state index contributed by atoms with van der Waals surface area (Å²) in [4.78, 5) is 1.62. The number of aliphatic hydroxyl groups is 1. The van der Waals surface area contributed by atoms with Crippen molar-refractivity contribution in [3.63, 3.8) is 0 Å². The second kappa shape index (κ2) is 5.49. The molecule has 1 atom stereocenters. The van der Waals surface area contributed by atoms with Crippen LogP contribution in [0.2, 0.25) is 0 Å². The largest absolute Gasteiger partial charge is 0.409 e. The Morgan fingerprint density at radius 1 is 1.59 bits per heavy atom. The van der Waals surface area contributed by atoms with Crippen LogP contribution in [0.3, 0.4) is 0 Å². The van der Waals surface area contributed by atoms with Crippen molar-refractivity contribution in [1.82, 2.24) is 0 Å². The highest BCUT2D eigenvalue weighted by atomic mass is 19.1. The quantitative estimate of drug-likeness (QED) is 0.314. The lowest BCUT2D eigenvalue weighted by Crippen LogP contribution is -2.32. The van der Waals surface area contributed by atoms with Gasteiger partial charge in [0.15, 0.2) is 5.84 Å². The summed E-state index contributed by atoms with van der Waals surface area (Å²) < 4.78 is 13.8. The van der Waals surface area contributed by atoms with E-state index in [1.54, 1.807) is 24.9 Å². The predicted molar refractivity (Wildman–Crippen MR) is 63.9 cm³/mol. The van der Waals surface area contributed by atoms with Crippen LogP contribution in [0.1, 0.15) is 12.5 Å². The number of nitrogens with zero attached hydrogens (tertiary/aromatic N) is 2. The monoisotopic (exact) mass is 241 g/mol. The third kappa shape index (κ3) is 2.85. The minimum absolute atomic E-state index is 0.0715. The van der Waals surface area contributed by atoms with Crippen LogP contribution >= 0.6 is 0 Å². The number of benzene rings is 1. The first kappa shape index (κ1) is 13.2. The van der Waals surface area contributed by atoms with E-state index in [9.17, 15) is 4.39 Å². The molecule has 0 saturated carbocycles. The van der Waals surface area contributed by atoms with Crippen LogP contribution in [0.15, 0.2) is 23.4 Å². The number of oxime groups is 1. The first-order chi connectivity index (χ1) is 8.01. The number of halogens is 1. The molecule has 0 spiro atoms. The van der Waals surface area contributed by atoms with Crippen LogP contribution < -0.4 is 10.6 Å². The second-order valence-electron chi connectivity index (χ2n) is 3.79. The van der Waals surface area contributed by atoms with Gasteiger partial charge in [-0.2, -0.15) is 0 Å². The minimum atomic E-state index is -0.489. The number of hydrogen-bond acceptors (Lipinski definition) is 4. The molecule has 0 heterocycles. The third-order valence-electron chi connectivity index (χ3n) is 2.66. The summed E-state index contributed by atoms with van der Waals surface area (Å²) in [6, 6.07) is 4.06. The Morgan fingerprint density at radius 3 is 2.71 bits per heavy atom. The van der Waals surface area contributed by atoms with Crippen LogP contribution in [-0.4, -0.2) is 35.8 Å². The van der Waals surface area contributed by atoms with Crippen molar-refractivity contribution in [3.8, 4) is 0 Å². The molecule has 0 aliphatic heterocycles. The maximum atomic E-state index is 13.8. The van der Waals surface area contributed by atoms with E-state index >= 15 is 0 Å². The summed E-state index contributed by atoms with van der Waals surface area (Å²) in [6.45, 7) is 1.70. The Balaban J connectivity index is 3.05. The average Bonchev–Trinajstić information content (AvgIpc) is 2.35. The van der Waals surface area contributed by atoms with E-state index in [2.05, 4.69) is 5.16 Å². The van der Waals surface area contributed by atoms with Gasteiger partial charge in [0.05, 0.1) is 12.3 Å². The van der Waals surface area contributed by atoms with E-state index in [1.165, 1.54) is 12.1 Å². The number of aliphatic hydroxyl groups excluding tert-OH is 1. The van der Waals surface area contributed by atoms with Crippen LogP contribution in [0.25, 0.3) is 0 Å². The molecule has 1 aromatic carbocycles. The van der Waals surface area contributed by atoms with Gasteiger partial charge < -0.3 is 20.9 Å². The summed E-state index contributed by atoms with van der Waals surface area (Å²) in [7, 11) is 1.68. The van der Waals surface area contributed by atoms with E-state index < -0.39 is 5.82 Å². The van der Waals surface area contributed by atoms with E-state index in [-0.39, 0.29) is 18.5 Å². The predicted octanol–water partition coefficient (Wildman–Crippen LogP) is 0.737. The molecule has 17 heavy (non-hydrogen) atoms. The zero-order valence-electron chi connectivity index (χ0n) is 9.76. The highest BCUT2D eigenvalue weighted by Crippen LogP contribution is 2.21. The van der Waals surface area contributed by atoms with Crippen molar-refractivity contribution in [3.05, 3.63) is 29.6 Å². The molecule has 0 fully saturated rings. The Labute approximate surface area is 99.0 Å². The van der Waals surface area contributed by atoms with E-state index in [0.717, 1.165) is 0 Å². The van der Waals surface area contributed by atoms with Crippen molar-refractivity contribution < 1.29 is 14.7 Å². The van der Waals surface area contributed by atoms with E-state index in [1.807, 2.05) is 0 Å².